The summed E-state index contributed by atoms with van der Waals surface area (Å²) in [7, 11) is 1.76. The molecule has 1 aromatic rings. The summed E-state index contributed by atoms with van der Waals surface area (Å²) in [5.41, 5.74) is 1.20. The van der Waals surface area contributed by atoms with Crippen molar-refractivity contribution in [1.29, 1.82) is 0 Å². The van der Waals surface area contributed by atoms with Crippen LogP contribution in [-0.4, -0.2) is 7.05 Å². The van der Waals surface area contributed by atoms with Gasteiger partial charge in [0.2, 0.25) is 0 Å². The zero-order chi connectivity index (χ0) is 9.31. The van der Waals surface area contributed by atoms with Crippen molar-refractivity contribution in [2.45, 2.75) is 18.3 Å². The highest BCUT2D eigenvalue weighted by atomic mass is 35.5. The predicted molar refractivity (Wildman–Crippen MR) is 55.5 cm³/mol. The second kappa shape index (κ2) is 3.05. The van der Waals surface area contributed by atoms with E-state index < -0.39 is 0 Å². The van der Waals surface area contributed by atoms with Gasteiger partial charge in [-0.25, -0.2) is 0 Å². The molecule has 0 heterocycles. The van der Waals surface area contributed by atoms with Gasteiger partial charge >= 0.3 is 0 Å². The van der Waals surface area contributed by atoms with Gasteiger partial charge in [0.15, 0.2) is 0 Å². The molecule has 0 radical (unpaired) electrons. The second-order valence-corrected chi connectivity index (χ2v) is 3.80. The third-order valence-electron chi connectivity index (χ3n) is 2.47. The topological polar surface area (TPSA) is 4.36 Å². The van der Waals surface area contributed by atoms with Crippen LogP contribution in [0.1, 0.15) is 18.4 Å². The van der Waals surface area contributed by atoms with Crippen LogP contribution >= 0.6 is 11.6 Å². The van der Waals surface area contributed by atoms with Crippen LogP contribution in [0.25, 0.3) is 4.85 Å². The van der Waals surface area contributed by atoms with Gasteiger partial charge in [0.1, 0.15) is 5.41 Å². The number of rotatable bonds is 1. The lowest BCUT2D eigenvalue weighted by Crippen LogP contribution is -2.02. The maximum Gasteiger partial charge on any atom is 0.284 e. The van der Waals surface area contributed by atoms with Gasteiger partial charge in [0.05, 0.1) is 0 Å². The van der Waals surface area contributed by atoms with E-state index >= 15 is 0 Å². The Morgan fingerprint density at radius 2 is 2.08 bits per heavy atom. The Bertz CT molecular complexity index is 383. The Balaban J connectivity index is 2.44. The lowest BCUT2D eigenvalue weighted by atomic mass is 9.98. The first-order valence-electron chi connectivity index (χ1n) is 4.39. The molecule has 0 atom stereocenters. The van der Waals surface area contributed by atoms with Gasteiger partial charge in [-0.05, 0) is 24.5 Å². The fourth-order valence-electron chi connectivity index (χ4n) is 1.63. The molecule has 1 aliphatic carbocycles. The standard InChI is InChI=1S/C11H11ClN/c1-13-8-11(6-7-11)9-4-2-3-5-10(9)12/h2-5H,6-7H2,1H3/q+1. The van der Waals surface area contributed by atoms with Gasteiger partial charge in [0, 0.05) is 5.02 Å². The highest BCUT2D eigenvalue weighted by Crippen LogP contribution is 2.49. The number of nitrogens with zero attached hydrogens (tertiary/aromatic N) is 1. The summed E-state index contributed by atoms with van der Waals surface area (Å²) in [4.78, 5) is 3.98. The first kappa shape index (κ1) is 8.59. The second-order valence-electron chi connectivity index (χ2n) is 3.40. The van der Waals surface area contributed by atoms with Crippen molar-refractivity contribution in [3.8, 4) is 6.07 Å². The van der Waals surface area contributed by atoms with Crippen molar-refractivity contribution in [2.75, 3.05) is 7.05 Å². The number of hydrogen-bond acceptors (Lipinski definition) is 0. The third-order valence-corrected chi connectivity index (χ3v) is 2.79. The molecule has 0 aliphatic heterocycles. The van der Waals surface area contributed by atoms with Crippen LogP contribution in [-0.2, 0) is 5.41 Å². The largest absolute Gasteiger partial charge is 0.284 e. The maximum absolute atomic E-state index is 6.10. The molecule has 0 spiro atoms. The average Bonchev–Trinajstić information content (AvgIpc) is 2.87. The molecule has 1 aliphatic rings. The summed E-state index contributed by atoms with van der Waals surface area (Å²) in [6, 6.07) is 11.1. The maximum atomic E-state index is 6.10. The highest BCUT2D eigenvalue weighted by Gasteiger charge is 2.49. The van der Waals surface area contributed by atoms with Gasteiger partial charge in [-0.1, -0.05) is 34.6 Å². The van der Waals surface area contributed by atoms with E-state index in [0.717, 1.165) is 17.9 Å². The fraction of sp³-hybridized carbons (Fsp3) is 0.364. The number of halogens is 1. The number of hydrogen-bond donors (Lipinski definition) is 0. The molecule has 0 aromatic heterocycles. The van der Waals surface area contributed by atoms with Crippen molar-refractivity contribution in [3.05, 3.63) is 39.7 Å². The zero-order valence-electron chi connectivity index (χ0n) is 7.55. The molecule has 1 fully saturated rings. The lowest BCUT2D eigenvalue weighted by molar-refractivity contribution is 0.927. The smallest absolute Gasteiger partial charge is 0.0860 e. The normalized spacial score (nSPS) is 17.4. The van der Waals surface area contributed by atoms with E-state index in [1.165, 1.54) is 5.56 Å². The van der Waals surface area contributed by atoms with Crippen LogP contribution in [0, 0.1) is 6.07 Å². The van der Waals surface area contributed by atoms with Crippen LogP contribution < -0.4 is 0 Å². The van der Waals surface area contributed by atoms with Crippen molar-refractivity contribution < 1.29 is 0 Å². The van der Waals surface area contributed by atoms with Gasteiger partial charge in [-0.3, -0.25) is 0 Å². The van der Waals surface area contributed by atoms with Crippen LogP contribution in [0.3, 0.4) is 0 Å². The van der Waals surface area contributed by atoms with Crippen molar-refractivity contribution >= 4 is 11.6 Å². The molecule has 2 heteroatoms. The van der Waals surface area contributed by atoms with E-state index in [1.807, 2.05) is 18.2 Å². The van der Waals surface area contributed by atoms with Gasteiger partial charge in [-0.2, -0.15) is 0 Å². The summed E-state index contributed by atoms with van der Waals surface area (Å²) in [6.45, 7) is 0. The molecular formula is C11H11ClN+. The molecular weight excluding hydrogens is 182 g/mol. The van der Waals surface area contributed by atoms with Gasteiger partial charge in [0.25, 0.3) is 13.1 Å². The van der Waals surface area contributed by atoms with Crippen molar-refractivity contribution in [1.82, 2.24) is 0 Å². The van der Waals surface area contributed by atoms with E-state index in [2.05, 4.69) is 17.0 Å². The zero-order valence-corrected chi connectivity index (χ0v) is 8.30. The summed E-state index contributed by atoms with van der Waals surface area (Å²) in [5, 5.41) is 0.830. The molecule has 0 unspecified atom stereocenters. The van der Waals surface area contributed by atoms with Crippen LogP contribution in [0.5, 0.6) is 0 Å². The predicted octanol–water partition coefficient (Wildman–Crippen LogP) is 3.33. The number of benzene rings is 1. The Morgan fingerprint density at radius 1 is 1.38 bits per heavy atom. The van der Waals surface area contributed by atoms with Gasteiger partial charge in [-0.15, -0.1) is 0 Å². The quantitative estimate of drug-likeness (QED) is 0.643. The van der Waals surface area contributed by atoms with Crippen LogP contribution in [0.15, 0.2) is 24.3 Å². The van der Waals surface area contributed by atoms with E-state index in [1.54, 1.807) is 7.05 Å². The average molecular weight is 193 g/mol. The minimum Gasteiger partial charge on any atom is -0.0860 e. The van der Waals surface area contributed by atoms with Crippen LogP contribution in [0.2, 0.25) is 5.02 Å². The Morgan fingerprint density at radius 3 is 2.62 bits per heavy atom. The van der Waals surface area contributed by atoms with E-state index in [4.69, 9.17) is 11.6 Å². The van der Waals surface area contributed by atoms with E-state index in [9.17, 15) is 0 Å². The molecule has 66 valence electrons. The molecule has 0 saturated heterocycles. The molecule has 2 rings (SSSR count). The fourth-order valence-corrected chi connectivity index (χ4v) is 1.95. The summed E-state index contributed by atoms with van der Waals surface area (Å²) < 4.78 is 0. The van der Waals surface area contributed by atoms with E-state index in [-0.39, 0.29) is 5.41 Å². The molecule has 1 aromatic carbocycles. The lowest BCUT2D eigenvalue weighted by Gasteiger charge is -2.04. The third kappa shape index (κ3) is 1.43. The molecule has 0 amide bonds. The molecule has 1 nitrogen and oxygen atoms in total. The van der Waals surface area contributed by atoms with Crippen molar-refractivity contribution in [2.24, 2.45) is 0 Å². The molecule has 0 bridgehead atoms. The summed E-state index contributed by atoms with van der Waals surface area (Å²) in [5.74, 6) is 0. The first-order chi connectivity index (χ1) is 6.28. The van der Waals surface area contributed by atoms with Gasteiger partial charge < -0.3 is 0 Å². The highest BCUT2D eigenvalue weighted by molar-refractivity contribution is 6.31. The molecule has 0 N–H and O–H groups in total. The minimum atomic E-state index is 0.0348. The Kier molecular flexibility index (Phi) is 2.01. The monoisotopic (exact) mass is 192 g/mol. The summed E-state index contributed by atoms with van der Waals surface area (Å²) >= 11 is 6.10. The molecule has 13 heavy (non-hydrogen) atoms. The van der Waals surface area contributed by atoms with Crippen LogP contribution in [0.4, 0.5) is 0 Å². The minimum absolute atomic E-state index is 0.0348. The Labute approximate surface area is 83.2 Å². The Hall–Kier alpha value is -1.00. The van der Waals surface area contributed by atoms with Crippen molar-refractivity contribution in [3.63, 3.8) is 0 Å². The van der Waals surface area contributed by atoms with E-state index in [0.29, 0.717) is 0 Å². The summed E-state index contributed by atoms with van der Waals surface area (Å²) in [6.07, 6.45) is 2.24. The SMILES string of the molecule is C[N+]#CC1(c2ccccc2Cl)CC1. The molecule has 1 saturated carbocycles. The first-order valence-corrected chi connectivity index (χ1v) is 4.77.